The summed E-state index contributed by atoms with van der Waals surface area (Å²) in [6.45, 7) is 5.72. The molecule has 0 heterocycles. The molecule has 0 aromatic heterocycles. The van der Waals surface area contributed by atoms with Gasteiger partial charge < -0.3 is 9.63 Å². The van der Waals surface area contributed by atoms with Gasteiger partial charge in [0.25, 0.3) is 0 Å². The zero-order chi connectivity index (χ0) is 10.3. The van der Waals surface area contributed by atoms with Gasteiger partial charge in [-0.3, -0.25) is 9.09 Å². The minimum Gasteiger partial charge on any atom is -0.368 e. The van der Waals surface area contributed by atoms with Crippen LogP contribution < -0.4 is 0 Å². The van der Waals surface area contributed by atoms with Crippen LogP contribution in [0.25, 0.3) is 0 Å². The van der Waals surface area contributed by atoms with Crippen LogP contribution in [0.4, 0.5) is 0 Å². The summed E-state index contributed by atoms with van der Waals surface area (Å²) in [5, 5.41) is 9.27. The molecule has 0 spiro atoms. The summed E-state index contributed by atoms with van der Waals surface area (Å²) in [6.07, 6.45) is 0.595. The molecule has 0 rings (SSSR count). The SMILES string of the molecule is CCCC(O)OP(=O)(CC)OCC. The third-order valence-electron chi connectivity index (χ3n) is 1.53. The average molecular weight is 210 g/mol. The van der Waals surface area contributed by atoms with Crippen LogP contribution in [0.3, 0.4) is 0 Å². The average Bonchev–Trinajstić information content (AvgIpc) is 2.05. The molecule has 2 unspecified atom stereocenters. The van der Waals surface area contributed by atoms with Crippen molar-refractivity contribution in [2.45, 2.75) is 39.9 Å². The molecule has 0 fully saturated rings. The Hall–Kier alpha value is 0.110. The van der Waals surface area contributed by atoms with Crippen LogP contribution in [-0.4, -0.2) is 24.2 Å². The molecule has 0 saturated carbocycles. The van der Waals surface area contributed by atoms with Crippen molar-refractivity contribution >= 4 is 7.60 Å². The van der Waals surface area contributed by atoms with E-state index in [1.54, 1.807) is 13.8 Å². The molecule has 0 aliphatic carbocycles. The third-order valence-corrected chi connectivity index (χ3v) is 3.52. The predicted octanol–water partition coefficient (Wildman–Crippen LogP) is 2.37. The summed E-state index contributed by atoms with van der Waals surface area (Å²) in [5.74, 6) is 0. The Balaban J connectivity index is 4.02. The highest BCUT2D eigenvalue weighted by atomic mass is 31.2. The Labute approximate surface area is 79.8 Å². The van der Waals surface area contributed by atoms with Gasteiger partial charge in [0.1, 0.15) is 0 Å². The van der Waals surface area contributed by atoms with Gasteiger partial charge in [-0.2, -0.15) is 0 Å². The molecule has 2 atom stereocenters. The van der Waals surface area contributed by atoms with E-state index in [1.165, 1.54) is 0 Å². The second-order valence-corrected chi connectivity index (χ2v) is 5.02. The normalized spacial score (nSPS) is 18.2. The molecule has 0 aliphatic rings. The zero-order valence-electron chi connectivity index (χ0n) is 8.52. The summed E-state index contributed by atoms with van der Waals surface area (Å²) >= 11 is 0. The molecule has 4 nitrogen and oxygen atoms in total. The highest BCUT2D eigenvalue weighted by Gasteiger charge is 2.24. The molecule has 0 bridgehead atoms. The van der Waals surface area contributed by atoms with Gasteiger partial charge in [-0.15, -0.1) is 0 Å². The topological polar surface area (TPSA) is 55.8 Å². The molecular formula is C8H19O4P. The maximum absolute atomic E-state index is 11.7. The van der Waals surface area contributed by atoms with E-state index in [-0.39, 0.29) is 0 Å². The van der Waals surface area contributed by atoms with Crippen molar-refractivity contribution in [1.29, 1.82) is 0 Å². The Morgan fingerprint density at radius 2 is 2.00 bits per heavy atom. The quantitative estimate of drug-likeness (QED) is 0.517. The van der Waals surface area contributed by atoms with Crippen molar-refractivity contribution in [2.75, 3.05) is 12.8 Å². The Morgan fingerprint density at radius 3 is 2.38 bits per heavy atom. The fourth-order valence-electron chi connectivity index (χ4n) is 0.878. The standard InChI is InChI=1S/C8H19O4P/c1-4-7-8(9)12-13(10,6-3)11-5-2/h8-9H,4-7H2,1-3H3. The lowest BCUT2D eigenvalue weighted by atomic mass is 10.3. The van der Waals surface area contributed by atoms with Crippen LogP contribution in [0.5, 0.6) is 0 Å². The monoisotopic (exact) mass is 210 g/mol. The van der Waals surface area contributed by atoms with Gasteiger partial charge in [-0.1, -0.05) is 20.3 Å². The lowest BCUT2D eigenvalue weighted by Gasteiger charge is -2.19. The van der Waals surface area contributed by atoms with Gasteiger partial charge in [0.2, 0.25) is 0 Å². The first kappa shape index (κ1) is 13.1. The van der Waals surface area contributed by atoms with Gasteiger partial charge in [0, 0.05) is 6.16 Å². The molecule has 0 aromatic rings. The van der Waals surface area contributed by atoms with E-state index in [9.17, 15) is 9.67 Å². The molecule has 0 radical (unpaired) electrons. The van der Waals surface area contributed by atoms with Crippen LogP contribution in [0.15, 0.2) is 0 Å². The van der Waals surface area contributed by atoms with E-state index < -0.39 is 13.9 Å². The third kappa shape index (κ3) is 5.42. The van der Waals surface area contributed by atoms with E-state index in [0.29, 0.717) is 19.2 Å². The van der Waals surface area contributed by atoms with Crippen LogP contribution in [0.1, 0.15) is 33.6 Å². The lowest BCUT2D eigenvalue weighted by molar-refractivity contribution is -0.0335. The maximum Gasteiger partial charge on any atom is 0.332 e. The first-order valence-corrected chi connectivity index (χ1v) is 6.40. The summed E-state index contributed by atoms with van der Waals surface area (Å²) in [6, 6.07) is 0. The van der Waals surface area contributed by atoms with Crippen molar-refractivity contribution in [3.63, 3.8) is 0 Å². The van der Waals surface area contributed by atoms with Crippen molar-refractivity contribution < 1.29 is 18.7 Å². The minimum absolute atomic E-state index is 0.293. The van der Waals surface area contributed by atoms with Crippen molar-refractivity contribution in [3.8, 4) is 0 Å². The molecule has 0 saturated heterocycles. The second-order valence-electron chi connectivity index (χ2n) is 2.69. The van der Waals surface area contributed by atoms with Crippen LogP contribution in [0.2, 0.25) is 0 Å². The number of aliphatic hydroxyl groups is 1. The minimum atomic E-state index is -3.04. The van der Waals surface area contributed by atoms with Crippen molar-refractivity contribution in [1.82, 2.24) is 0 Å². The summed E-state index contributed by atoms with van der Waals surface area (Å²) in [4.78, 5) is 0. The number of aliphatic hydroxyl groups excluding tert-OH is 1. The van der Waals surface area contributed by atoms with E-state index in [4.69, 9.17) is 9.05 Å². The van der Waals surface area contributed by atoms with E-state index in [0.717, 1.165) is 6.42 Å². The molecular weight excluding hydrogens is 191 g/mol. The molecule has 80 valence electrons. The fourth-order valence-corrected chi connectivity index (χ4v) is 2.14. The molecule has 1 N–H and O–H groups in total. The number of hydrogen-bond acceptors (Lipinski definition) is 4. The number of rotatable bonds is 7. The first-order valence-electron chi connectivity index (χ1n) is 4.68. The molecule has 5 heteroatoms. The van der Waals surface area contributed by atoms with E-state index in [2.05, 4.69) is 0 Å². The zero-order valence-corrected chi connectivity index (χ0v) is 9.42. The maximum atomic E-state index is 11.7. The van der Waals surface area contributed by atoms with Crippen LogP contribution in [-0.2, 0) is 13.6 Å². The molecule has 0 aliphatic heterocycles. The van der Waals surface area contributed by atoms with Gasteiger partial charge >= 0.3 is 7.60 Å². The Bertz CT molecular complexity index is 172. The first-order chi connectivity index (χ1) is 6.08. The fraction of sp³-hybridized carbons (Fsp3) is 1.00. The smallest absolute Gasteiger partial charge is 0.332 e. The summed E-state index contributed by atoms with van der Waals surface area (Å²) in [5.41, 5.74) is 0. The summed E-state index contributed by atoms with van der Waals surface area (Å²) < 4.78 is 21.6. The van der Waals surface area contributed by atoms with Crippen molar-refractivity contribution in [2.24, 2.45) is 0 Å². The van der Waals surface area contributed by atoms with Gasteiger partial charge in [-0.05, 0) is 13.3 Å². The van der Waals surface area contributed by atoms with E-state index >= 15 is 0 Å². The lowest BCUT2D eigenvalue weighted by Crippen LogP contribution is -2.11. The van der Waals surface area contributed by atoms with Crippen LogP contribution >= 0.6 is 7.60 Å². The van der Waals surface area contributed by atoms with E-state index in [1.807, 2.05) is 6.92 Å². The summed E-state index contributed by atoms with van der Waals surface area (Å²) in [7, 11) is -3.04. The highest BCUT2D eigenvalue weighted by Crippen LogP contribution is 2.48. The molecule has 0 aromatic carbocycles. The van der Waals surface area contributed by atoms with Gasteiger partial charge in [-0.25, -0.2) is 0 Å². The highest BCUT2D eigenvalue weighted by molar-refractivity contribution is 7.53. The second kappa shape index (κ2) is 6.55. The molecule has 0 amide bonds. The number of hydrogen-bond donors (Lipinski definition) is 1. The Morgan fingerprint density at radius 1 is 1.38 bits per heavy atom. The van der Waals surface area contributed by atoms with Gasteiger partial charge in [0.15, 0.2) is 6.29 Å². The Kier molecular flexibility index (Phi) is 6.60. The largest absolute Gasteiger partial charge is 0.368 e. The van der Waals surface area contributed by atoms with Gasteiger partial charge in [0.05, 0.1) is 6.61 Å². The predicted molar refractivity (Wildman–Crippen MR) is 51.8 cm³/mol. The van der Waals surface area contributed by atoms with Crippen molar-refractivity contribution in [3.05, 3.63) is 0 Å². The molecule has 13 heavy (non-hydrogen) atoms. The van der Waals surface area contributed by atoms with Crippen LogP contribution in [0, 0.1) is 0 Å².